The van der Waals surface area contributed by atoms with E-state index in [2.05, 4.69) is 5.32 Å². The third kappa shape index (κ3) is 4.71. The predicted molar refractivity (Wildman–Crippen MR) is 109 cm³/mol. The van der Waals surface area contributed by atoms with Crippen molar-refractivity contribution >= 4 is 16.9 Å². The molecular weight excluding hydrogens is 450 g/mol. The Labute approximate surface area is 185 Å². The lowest BCUT2D eigenvalue weighted by Gasteiger charge is -2.31. The van der Waals surface area contributed by atoms with Gasteiger partial charge in [-0.3, -0.25) is 4.79 Å². The van der Waals surface area contributed by atoms with Crippen LogP contribution in [0.25, 0.3) is 22.1 Å². The van der Waals surface area contributed by atoms with Crippen molar-refractivity contribution in [3.05, 3.63) is 59.1 Å². The highest BCUT2D eigenvalue weighted by molar-refractivity contribution is 5.95. The molecular formula is C23H20F6N2O2. The predicted octanol–water partition coefficient (Wildman–Crippen LogP) is 5.85. The van der Waals surface area contributed by atoms with E-state index in [4.69, 9.17) is 4.42 Å². The van der Waals surface area contributed by atoms with Crippen LogP contribution in [0.3, 0.4) is 0 Å². The maximum Gasteiger partial charge on any atom is 0.420 e. The van der Waals surface area contributed by atoms with Crippen LogP contribution in [0.15, 0.2) is 40.8 Å². The number of furan rings is 1. The van der Waals surface area contributed by atoms with Crippen LogP contribution in [0.1, 0.15) is 34.5 Å². The quantitative estimate of drug-likeness (QED) is 0.487. The summed E-state index contributed by atoms with van der Waals surface area (Å²) in [5, 5.41) is 2.96. The molecule has 0 atom stereocenters. The minimum Gasteiger partial charge on any atom is -0.459 e. The second kappa shape index (κ2) is 8.40. The Bertz CT molecular complexity index is 1190. The Kier molecular flexibility index (Phi) is 5.90. The van der Waals surface area contributed by atoms with E-state index in [0.717, 1.165) is 12.1 Å². The monoisotopic (exact) mass is 470 g/mol. The first kappa shape index (κ1) is 23.2. The number of alkyl halides is 5. The Hall–Kier alpha value is -3.01. The number of fused-ring (bicyclic) bond motifs is 1. The van der Waals surface area contributed by atoms with Crippen LogP contribution in [0, 0.1) is 5.82 Å². The second-order valence-electron chi connectivity index (χ2n) is 8.03. The van der Waals surface area contributed by atoms with Crippen molar-refractivity contribution in [1.29, 1.82) is 0 Å². The highest BCUT2D eigenvalue weighted by Gasteiger charge is 2.37. The van der Waals surface area contributed by atoms with Gasteiger partial charge in [-0.2, -0.15) is 13.2 Å². The summed E-state index contributed by atoms with van der Waals surface area (Å²) >= 11 is 0. The molecule has 1 aliphatic heterocycles. The Balaban J connectivity index is 1.69. The van der Waals surface area contributed by atoms with Crippen LogP contribution < -0.4 is 5.32 Å². The van der Waals surface area contributed by atoms with Crippen LogP contribution in [0.4, 0.5) is 26.3 Å². The van der Waals surface area contributed by atoms with Crippen LogP contribution in [0.2, 0.25) is 0 Å². The van der Waals surface area contributed by atoms with Crippen molar-refractivity contribution in [3.8, 4) is 11.1 Å². The molecule has 4 rings (SSSR count). The summed E-state index contributed by atoms with van der Waals surface area (Å²) in [4.78, 5) is 13.8. The normalized spacial score (nSPS) is 16.4. The smallest absolute Gasteiger partial charge is 0.420 e. The number of carbonyl (C=O) groups excluding carboxylic acids is 1. The lowest BCUT2D eigenvalue weighted by Crippen LogP contribution is -2.42. The fourth-order valence-corrected chi connectivity index (χ4v) is 3.94. The standard InChI is InChI=1S/C23H20F6N2O2/c1-30-12-16-9-15-8-14(10-18(20(15)33-16)23(27,28)29)17-3-2-13(11-19(17)24)21(32)31-6-4-22(25,26)5-7-31/h2-3,8-11,30H,4-7,12H2,1H3. The van der Waals surface area contributed by atoms with Crippen molar-refractivity contribution in [2.45, 2.75) is 31.5 Å². The minimum absolute atomic E-state index is 0.0271. The Morgan fingerprint density at radius 2 is 1.82 bits per heavy atom. The molecule has 0 radical (unpaired) electrons. The summed E-state index contributed by atoms with van der Waals surface area (Å²) in [5.74, 6) is -4.03. The summed E-state index contributed by atoms with van der Waals surface area (Å²) in [5.41, 5.74) is -1.59. The molecule has 0 saturated carbocycles. The van der Waals surface area contributed by atoms with Crippen LogP contribution in [0.5, 0.6) is 0 Å². The summed E-state index contributed by atoms with van der Waals surface area (Å²) in [6.07, 6.45) is -5.68. The lowest BCUT2D eigenvalue weighted by atomic mass is 9.98. The van der Waals surface area contributed by atoms with Gasteiger partial charge in [-0.1, -0.05) is 6.07 Å². The van der Waals surface area contributed by atoms with Gasteiger partial charge in [0, 0.05) is 42.4 Å². The highest BCUT2D eigenvalue weighted by atomic mass is 19.4. The average molecular weight is 470 g/mol. The molecule has 3 aromatic rings. The van der Waals surface area contributed by atoms with E-state index < -0.39 is 42.2 Å². The Morgan fingerprint density at radius 1 is 1.12 bits per heavy atom. The molecule has 2 aromatic carbocycles. The maximum absolute atomic E-state index is 14.9. The van der Waals surface area contributed by atoms with E-state index in [1.165, 1.54) is 29.2 Å². The molecule has 1 aliphatic rings. The van der Waals surface area contributed by atoms with E-state index in [9.17, 15) is 31.1 Å². The number of benzene rings is 2. The molecule has 0 aliphatic carbocycles. The summed E-state index contributed by atoms with van der Waals surface area (Å²) in [6, 6.07) is 7.07. The molecule has 10 heteroatoms. The molecule has 1 saturated heterocycles. The number of carbonyl (C=O) groups is 1. The van der Waals surface area contributed by atoms with Crippen molar-refractivity contribution in [3.63, 3.8) is 0 Å². The maximum atomic E-state index is 14.9. The van der Waals surface area contributed by atoms with Gasteiger partial charge in [-0.15, -0.1) is 0 Å². The van der Waals surface area contributed by atoms with Crippen molar-refractivity contribution in [2.24, 2.45) is 0 Å². The van der Waals surface area contributed by atoms with Gasteiger partial charge in [-0.05, 0) is 42.9 Å². The van der Waals surface area contributed by atoms with Gasteiger partial charge in [0.25, 0.3) is 11.8 Å². The van der Waals surface area contributed by atoms with Crippen LogP contribution >= 0.6 is 0 Å². The average Bonchev–Trinajstić information content (AvgIpc) is 3.14. The molecule has 1 aromatic heterocycles. The molecule has 1 fully saturated rings. The summed E-state index contributed by atoms with van der Waals surface area (Å²) < 4.78 is 87.9. The molecule has 0 bridgehead atoms. The number of rotatable bonds is 4. The van der Waals surface area contributed by atoms with Crippen LogP contribution in [-0.2, 0) is 12.7 Å². The van der Waals surface area contributed by atoms with Gasteiger partial charge in [0.05, 0.1) is 12.1 Å². The van der Waals surface area contributed by atoms with E-state index >= 15 is 0 Å². The molecule has 33 heavy (non-hydrogen) atoms. The SMILES string of the molecule is CNCc1cc2cc(-c3ccc(C(=O)N4CCC(F)(F)CC4)cc3F)cc(C(F)(F)F)c2o1. The largest absolute Gasteiger partial charge is 0.459 e. The van der Waals surface area contributed by atoms with E-state index in [1.54, 1.807) is 7.05 Å². The van der Waals surface area contributed by atoms with Crippen molar-refractivity contribution in [2.75, 3.05) is 20.1 Å². The molecule has 1 amide bonds. The zero-order valence-corrected chi connectivity index (χ0v) is 17.5. The first-order valence-electron chi connectivity index (χ1n) is 10.2. The highest BCUT2D eigenvalue weighted by Crippen LogP contribution is 2.40. The molecule has 176 valence electrons. The second-order valence-corrected chi connectivity index (χ2v) is 8.03. The molecule has 0 spiro atoms. The summed E-state index contributed by atoms with van der Waals surface area (Å²) in [7, 11) is 1.62. The van der Waals surface area contributed by atoms with Crippen molar-refractivity contribution in [1.82, 2.24) is 10.2 Å². The van der Waals surface area contributed by atoms with E-state index in [1.807, 2.05) is 0 Å². The van der Waals surface area contributed by atoms with Gasteiger partial charge < -0.3 is 14.6 Å². The van der Waals surface area contributed by atoms with Crippen LogP contribution in [-0.4, -0.2) is 36.9 Å². The van der Waals surface area contributed by atoms with Gasteiger partial charge in [0.2, 0.25) is 0 Å². The molecule has 2 heterocycles. The lowest BCUT2D eigenvalue weighted by molar-refractivity contribution is -0.136. The fraction of sp³-hybridized carbons (Fsp3) is 0.348. The molecule has 0 unspecified atom stereocenters. The Morgan fingerprint density at radius 3 is 2.42 bits per heavy atom. The number of halogens is 6. The first-order chi connectivity index (χ1) is 15.5. The molecule has 4 nitrogen and oxygen atoms in total. The van der Waals surface area contributed by atoms with Crippen molar-refractivity contribution < 1.29 is 35.6 Å². The number of hydrogen-bond donors (Lipinski definition) is 1. The number of piperidine rings is 1. The molecule has 1 N–H and O–H groups in total. The number of likely N-dealkylation sites (tertiary alicyclic amines) is 1. The first-order valence-corrected chi connectivity index (χ1v) is 10.2. The summed E-state index contributed by atoms with van der Waals surface area (Å²) in [6.45, 7) is -0.0958. The number of amides is 1. The zero-order chi connectivity index (χ0) is 24.0. The zero-order valence-electron chi connectivity index (χ0n) is 17.5. The van der Waals surface area contributed by atoms with Gasteiger partial charge >= 0.3 is 6.18 Å². The van der Waals surface area contributed by atoms with Gasteiger partial charge in [0.15, 0.2) is 0 Å². The third-order valence-electron chi connectivity index (χ3n) is 5.63. The van der Waals surface area contributed by atoms with E-state index in [-0.39, 0.29) is 47.3 Å². The third-order valence-corrected chi connectivity index (χ3v) is 5.63. The van der Waals surface area contributed by atoms with E-state index in [0.29, 0.717) is 5.76 Å². The van der Waals surface area contributed by atoms with Gasteiger partial charge in [-0.25, -0.2) is 13.2 Å². The van der Waals surface area contributed by atoms with Gasteiger partial charge in [0.1, 0.15) is 17.2 Å². The number of nitrogens with zero attached hydrogens (tertiary/aromatic N) is 1. The topological polar surface area (TPSA) is 45.5 Å². The fourth-order valence-electron chi connectivity index (χ4n) is 3.94. The number of nitrogens with one attached hydrogen (secondary N) is 1. The number of hydrogen-bond acceptors (Lipinski definition) is 3. The minimum atomic E-state index is -4.73.